The minimum Gasteiger partial charge on any atom is -0.493 e. The highest BCUT2D eigenvalue weighted by Crippen LogP contribution is 2.25. The maximum Gasteiger partial charge on any atom is 0.244 e. The Labute approximate surface area is 163 Å². The molecule has 3 nitrogen and oxygen atoms in total. The van der Waals surface area contributed by atoms with Crippen LogP contribution in [0.5, 0.6) is 5.75 Å². The van der Waals surface area contributed by atoms with Crippen LogP contribution in [0.4, 0.5) is 0 Å². The van der Waals surface area contributed by atoms with E-state index in [0.29, 0.717) is 19.1 Å². The van der Waals surface area contributed by atoms with Crippen molar-refractivity contribution >= 4 is 16.7 Å². The lowest BCUT2D eigenvalue weighted by molar-refractivity contribution is -0.116. The Kier molecular flexibility index (Phi) is 8.63. The molecular formula is C24H31NO2. The second kappa shape index (κ2) is 11.2. The van der Waals surface area contributed by atoms with Gasteiger partial charge in [0.15, 0.2) is 0 Å². The maximum absolute atomic E-state index is 11.7. The Morgan fingerprint density at radius 1 is 1.11 bits per heavy atom. The van der Waals surface area contributed by atoms with Gasteiger partial charge in [-0.05, 0) is 49.1 Å². The number of amides is 1. The van der Waals surface area contributed by atoms with Crippen molar-refractivity contribution in [3.63, 3.8) is 0 Å². The second-order valence-electron chi connectivity index (χ2n) is 7.25. The third-order valence-corrected chi connectivity index (χ3v) is 4.20. The van der Waals surface area contributed by atoms with Gasteiger partial charge < -0.3 is 10.1 Å². The van der Waals surface area contributed by atoms with Crippen molar-refractivity contribution in [2.75, 3.05) is 13.2 Å². The summed E-state index contributed by atoms with van der Waals surface area (Å²) in [6.45, 7) is 7.55. The molecule has 0 aliphatic rings. The van der Waals surface area contributed by atoms with E-state index in [1.165, 1.54) is 5.39 Å². The van der Waals surface area contributed by atoms with Crippen molar-refractivity contribution in [3.05, 3.63) is 66.3 Å². The average Bonchev–Trinajstić information content (AvgIpc) is 2.65. The van der Waals surface area contributed by atoms with Crippen LogP contribution < -0.4 is 10.1 Å². The summed E-state index contributed by atoms with van der Waals surface area (Å²) in [5.74, 6) is 1.40. The summed E-state index contributed by atoms with van der Waals surface area (Å²) in [6, 6.07) is 14.5. The zero-order valence-corrected chi connectivity index (χ0v) is 16.7. The van der Waals surface area contributed by atoms with E-state index in [-0.39, 0.29) is 5.91 Å². The number of unbranched alkanes of at least 4 members (excludes halogenated alkanes) is 2. The highest BCUT2D eigenvalue weighted by molar-refractivity contribution is 5.88. The van der Waals surface area contributed by atoms with Gasteiger partial charge in [0.25, 0.3) is 0 Å². The first-order chi connectivity index (χ1) is 13.1. The maximum atomic E-state index is 11.7. The van der Waals surface area contributed by atoms with E-state index in [1.54, 1.807) is 6.08 Å². The third kappa shape index (κ3) is 7.69. The molecule has 3 heteroatoms. The molecule has 0 radical (unpaired) electrons. The largest absolute Gasteiger partial charge is 0.493 e. The number of carbonyl (C=O) groups excluding carboxylic acids is 1. The molecule has 2 aromatic carbocycles. The lowest BCUT2D eigenvalue weighted by atomic mass is 10.1. The van der Waals surface area contributed by atoms with Crippen LogP contribution in [-0.4, -0.2) is 19.1 Å². The molecule has 0 saturated heterocycles. The molecule has 0 aliphatic carbocycles. The molecular weight excluding hydrogens is 334 g/mol. The van der Waals surface area contributed by atoms with Crippen LogP contribution in [0.15, 0.2) is 66.3 Å². The summed E-state index contributed by atoms with van der Waals surface area (Å²) in [7, 11) is 0. The summed E-state index contributed by atoms with van der Waals surface area (Å²) < 4.78 is 5.96. The fourth-order valence-corrected chi connectivity index (χ4v) is 2.75. The van der Waals surface area contributed by atoms with Gasteiger partial charge in [0, 0.05) is 18.0 Å². The number of hydrogen-bond donors (Lipinski definition) is 1. The van der Waals surface area contributed by atoms with Gasteiger partial charge in [-0.3, -0.25) is 4.79 Å². The predicted molar refractivity (Wildman–Crippen MR) is 114 cm³/mol. The van der Waals surface area contributed by atoms with Gasteiger partial charge in [-0.15, -0.1) is 0 Å². The average molecular weight is 366 g/mol. The molecule has 27 heavy (non-hydrogen) atoms. The number of fused-ring (bicyclic) bond motifs is 1. The number of carbonyl (C=O) groups is 1. The van der Waals surface area contributed by atoms with Gasteiger partial charge in [0.1, 0.15) is 5.75 Å². The second-order valence-corrected chi connectivity index (χ2v) is 7.25. The number of allylic oxidation sites excluding steroid dienone is 3. The molecule has 2 rings (SSSR count). The van der Waals surface area contributed by atoms with Crippen LogP contribution in [0.25, 0.3) is 10.8 Å². The van der Waals surface area contributed by atoms with Crippen LogP contribution in [0.3, 0.4) is 0 Å². The molecule has 0 spiro atoms. The predicted octanol–water partition coefficient (Wildman–Crippen LogP) is 5.66. The molecule has 1 N–H and O–H groups in total. The van der Waals surface area contributed by atoms with Crippen molar-refractivity contribution in [2.24, 2.45) is 5.92 Å². The van der Waals surface area contributed by atoms with E-state index < -0.39 is 0 Å². The Morgan fingerprint density at radius 2 is 1.89 bits per heavy atom. The molecule has 0 bridgehead atoms. The van der Waals surface area contributed by atoms with Gasteiger partial charge in [0.05, 0.1) is 6.61 Å². The highest BCUT2D eigenvalue weighted by atomic mass is 16.5. The van der Waals surface area contributed by atoms with Crippen LogP contribution >= 0.6 is 0 Å². The molecule has 0 heterocycles. The lowest BCUT2D eigenvalue weighted by Gasteiger charge is -2.08. The van der Waals surface area contributed by atoms with Gasteiger partial charge in [0.2, 0.25) is 5.91 Å². The van der Waals surface area contributed by atoms with Crippen molar-refractivity contribution in [1.29, 1.82) is 0 Å². The van der Waals surface area contributed by atoms with E-state index in [0.717, 1.165) is 36.0 Å². The number of rotatable bonds is 10. The summed E-state index contributed by atoms with van der Waals surface area (Å²) >= 11 is 0. The molecule has 0 atom stereocenters. The standard InChI is InChI=1S/C24H31NO2/c1-19(2)18-25-24(26)17-20(3)11-6-4-5-9-16-27-23-15-10-13-21-12-7-8-14-22(21)23/h6-8,10-15,17,19H,4-5,9,16,18H2,1-3H3,(H,25,26). The Balaban J connectivity index is 1.66. The zero-order valence-electron chi connectivity index (χ0n) is 16.7. The highest BCUT2D eigenvalue weighted by Gasteiger charge is 2.01. The normalized spacial score (nSPS) is 12.1. The van der Waals surface area contributed by atoms with Gasteiger partial charge in [-0.1, -0.05) is 62.4 Å². The quantitative estimate of drug-likeness (QED) is 0.335. The van der Waals surface area contributed by atoms with Crippen LogP contribution in [0.1, 0.15) is 40.0 Å². The van der Waals surface area contributed by atoms with E-state index in [9.17, 15) is 4.79 Å². The minimum absolute atomic E-state index is 0.0191. The summed E-state index contributed by atoms with van der Waals surface area (Å²) in [4.78, 5) is 11.7. The fraction of sp³-hybridized carbons (Fsp3) is 0.375. The van der Waals surface area contributed by atoms with Crippen molar-refractivity contribution in [1.82, 2.24) is 5.32 Å². The first-order valence-corrected chi connectivity index (χ1v) is 9.79. The smallest absolute Gasteiger partial charge is 0.244 e. The van der Waals surface area contributed by atoms with Crippen LogP contribution in [0, 0.1) is 5.92 Å². The number of hydrogen-bond acceptors (Lipinski definition) is 2. The zero-order chi connectivity index (χ0) is 19.5. The van der Waals surface area contributed by atoms with Crippen molar-refractivity contribution in [3.8, 4) is 5.75 Å². The van der Waals surface area contributed by atoms with Crippen molar-refractivity contribution in [2.45, 2.75) is 40.0 Å². The molecule has 0 fully saturated rings. The Morgan fingerprint density at radius 3 is 2.70 bits per heavy atom. The van der Waals surface area contributed by atoms with Crippen LogP contribution in [0.2, 0.25) is 0 Å². The minimum atomic E-state index is -0.0191. The number of nitrogens with one attached hydrogen (secondary N) is 1. The third-order valence-electron chi connectivity index (χ3n) is 4.20. The Bertz CT molecular complexity index is 785. The SMILES string of the molecule is CC(C=CCCCCOc1cccc2ccccc12)=CC(=O)NCC(C)C. The summed E-state index contributed by atoms with van der Waals surface area (Å²) in [5, 5.41) is 5.26. The molecule has 0 aromatic heterocycles. The monoisotopic (exact) mass is 365 g/mol. The van der Waals surface area contributed by atoms with E-state index >= 15 is 0 Å². The molecule has 1 amide bonds. The van der Waals surface area contributed by atoms with Gasteiger partial charge >= 0.3 is 0 Å². The first kappa shape index (κ1) is 20.8. The Hall–Kier alpha value is -2.55. The van der Waals surface area contributed by atoms with Crippen LogP contribution in [-0.2, 0) is 4.79 Å². The number of benzene rings is 2. The van der Waals surface area contributed by atoms with E-state index in [4.69, 9.17) is 4.74 Å². The summed E-state index contributed by atoms with van der Waals surface area (Å²) in [5.41, 5.74) is 0.975. The molecule has 2 aromatic rings. The van der Waals surface area contributed by atoms with E-state index in [2.05, 4.69) is 43.4 Å². The lowest BCUT2D eigenvalue weighted by Crippen LogP contribution is -2.25. The fourth-order valence-electron chi connectivity index (χ4n) is 2.75. The van der Waals surface area contributed by atoms with E-state index in [1.807, 2.05) is 37.3 Å². The molecule has 0 aliphatic heterocycles. The van der Waals surface area contributed by atoms with Crippen molar-refractivity contribution < 1.29 is 9.53 Å². The van der Waals surface area contributed by atoms with Gasteiger partial charge in [-0.2, -0.15) is 0 Å². The topological polar surface area (TPSA) is 38.3 Å². The molecule has 144 valence electrons. The summed E-state index contributed by atoms with van der Waals surface area (Å²) in [6.07, 6.45) is 8.85. The molecule has 0 unspecified atom stereocenters. The van der Waals surface area contributed by atoms with Gasteiger partial charge in [-0.25, -0.2) is 0 Å². The number of ether oxygens (including phenoxy) is 1. The molecule has 0 saturated carbocycles. The first-order valence-electron chi connectivity index (χ1n) is 9.79.